The monoisotopic (exact) mass is 584 g/mol. The molecule has 42 heavy (non-hydrogen) atoms. The Balaban J connectivity index is 1.64. The van der Waals surface area contributed by atoms with E-state index in [1.54, 1.807) is 36.4 Å². The Hall–Kier alpha value is -4.43. The Morgan fingerprint density at radius 1 is 0.929 bits per heavy atom. The molecule has 0 atom stereocenters. The van der Waals surface area contributed by atoms with Crippen molar-refractivity contribution in [2.24, 2.45) is 0 Å². The summed E-state index contributed by atoms with van der Waals surface area (Å²) < 4.78 is 46.5. The summed E-state index contributed by atoms with van der Waals surface area (Å²) in [5.74, 6) is 0.0122. The quantitative estimate of drug-likeness (QED) is 0.205. The van der Waals surface area contributed by atoms with Crippen molar-refractivity contribution in [2.75, 3.05) is 17.6 Å². The summed E-state index contributed by atoms with van der Waals surface area (Å²) in [6.45, 7) is 5.90. The van der Waals surface area contributed by atoms with E-state index in [-0.39, 0.29) is 11.7 Å². The first-order valence-electron chi connectivity index (χ1n) is 13.7. The number of carbonyl (C=O) groups excluding carboxylic acids is 1. The molecule has 1 N–H and O–H groups in total. The van der Waals surface area contributed by atoms with Crippen LogP contribution in [0.15, 0.2) is 95.4 Å². The predicted octanol–water partition coefficient (Wildman–Crippen LogP) is 7.53. The van der Waals surface area contributed by atoms with Crippen LogP contribution in [0.1, 0.15) is 42.3 Å². The second-order valence-electron chi connectivity index (χ2n) is 10.9. The third-order valence-electron chi connectivity index (χ3n) is 7.56. The van der Waals surface area contributed by atoms with Gasteiger partial charge in [0.2, 0.25) is 10.0 Å². The molecule has 0 spiro atoms. The molecular formula is C34H33FN2O4S. The number of hydrogen-bond acceptors (Lipinski definition) is 4. The zero-order chi connectivity index (χ0) is 30.2. The molecule has 4 aromatic carbocycles. The number of anilines is 1. The van der Waals surface area contributed by atoms with Crippen LogP contribution in [0.2, 0.25) is 0 Å². The van der Waals surface area contributed by atoms with Crippen molar-refractivity contribution in [1.82, 2.24) is 5.32 Å². The number of furan rings is 1. The topological polar surface area (TPSA) is 79.6 Å². The Bertz CT molecular complexity index is 1880. The summed E-state index contributed by atoms with van der Waals surface area (Å²) in [7, 11) is -2.14. The lowest BCUT2D eigenvalue weighted by Crippen LogP contribution is -2.40. The van der Waals surface area contributed by atoms with Crippen molar-refractivity contribution in [3.8, 4) is 22.5 Å². The van der Waals surface area contributed by atoms with E-state index in [0.29, 0.717) is 40.1 Å². The molecule has 5 rings (SSSR count). The summed E-state index contributed by atoms with van der Waals surface area (Å²) in [5, 5.41) is 3.93. The van der Waals surface area contributed by atoms with Crippen LogP contribution in [0.3, 0.4) is 0 Å². The van der Waals surface area contributed by atoms with E-state index >= 15 is 0 Å². The lowest BCUT2D eigenvalue weighted by atomic mass is 9.93. The van der Waals surface area contributed by atoms with Gasteiger partial charge in [-0.25, -0.2) is 12.8 Å². The number of nitrogens with one attached hydrogen (secondary N) is 1. The summed E-state index contributed by atoms with van der Waals surface area (Å²) >= 11 is 0. The lowest BCUT2D eigenvalue weighted by Gasteiger charge is -2.27. The van der Waals surface area contributed by atoms with Crippen LogP contribution in [0.4, 0.5) is 10.1 Å². The molecular weight excluding hydrogens is 551 g/mol. The molecule has 0 unspecified atom stereocenters. The summed E-state index contributed by atoms with van der Waals surface area (Å²) in [5.41, 5.74) is 4.69. The average Bonchev–Trinajstić information content (AvgIpc) is 3.33. The minimum absolute atomic E-state index is 0.249. The van der Waals surface area contributed by atoms with Crippen LogP contribution in [-0.4, -0.2) is 27.6 Å². The van der Waals surface area contributed by atoms with E-state index < -0.39 is 15.6 Å². The first-order chi connectivity index (χ1) is 19.9. The fourth-order valence-electron chi connectivity index (χ4n) is 5.15. The van der Waals surface area contributed by atoms with Crippen molar-refractivity contribution in [3.05, 3.63) is 114 Å². The average molecular weight is 585 g/mol. The predicted molar refractivity (Wildman–Crippen MR) is 167 cm³/mol. The van der Waals surface area contributed by atoms with Crippen LogP contribution >= 0.6 is 0 Å². The van der Waals surface area contributed by atoms with Gasteiger partial charge in [-0.3, -0.25) is 9.10 Å². The highest BCUT2D eigenvalue weighted by molar-refractivity contribution is 7.92. The maximum absolute atomic E-state index is 13.6. The molecule has 0 aliphatic rings. The van der Waals surface area contributed by atoms with E-state index in [2.05, 4.69) is 5.32 Å². The Morgan fingerprint density at radius 3 is 2.26 bits per heavy atom. The largest absolute Gasteiger partial charge is 0.456 e. The summed E-state index contributed by atoms with van der Waals surface area (Å²) in [4.78, 5) is 13.4. The van der Waals surface area contributed by atoms with Gasteiger partial charge in [0.1, 0.15) is 17.2 Å². The van der Waals surface area contributed by atoms with Crippen molar-refractivity contribution < 1.29 is 22.0 Å². The van der Waals surface area contributed by atoms with E-state index in [1.807, 2.05) is 63.2 Å². The van der Waals surface area contributed by atoms with Gasteiger partial charge >= 0.3 is 0 Å². The normalized spacial score (nSPS) is 12.0. The summed E-state index contributed by atoms with van der Waals surface area (Å²) in [6.07, 6.45) is 1.78. The van der Waals surface area contributed by atoms with Crippen molar-refractivity contribution in [2.45, 2.75) is 32.7 Å². The molecule has 0 saturated carbocycles. The van der Waals surface area contributed by atoms with Crippen LogP contribution in [0.25, 0.3) is 33.4 Å². The Morgan fingerprint density at radius 2 is 1.62 bits per heavy atom. The minimum atomic E-state index is -3.63. The first kappa shape index (κ1) is 29.1. The van der Waals surface area contributed by atoms with Gasteiger partial charge in [-0.05, 0) is 73.9 Å². The number of nitrogens with zero attached hydrogens (tertiary/aromatic N) is 1. The molecule has 216 valence electrons. The van der Waals surface area contributed by atoms with Crippen molar-refractivity contribution in [1.29, 1.82) is 0 Å². The van der Waals surface area contributed by atoms with Crippen LogP contribution in [-0.2, 0) is 22.0 Å². The second kappa shape index (κ2) is 11.1. The fourth-order valence-corrected chi connectivity index (χ4v) is 5.66. The number of rotatable bonds is 8. The van der Waals surface area contributed by atoms with Crippen LogP contribution < -0.4 is 9.62 Å². The Labute approximate surface area is 245 Å². The van der Waals surface area contributed by atoms with Gasteiger partial charge in [0.05, 0.1) is 17.5 Å². The number of amides is 1. The molecule has 6 nitrogen and oxygen atoms in total. The van der Waals surface area contributed by atoms with Gasteiger partial charge in [0.25, 0.3) is 5.91 Å². The number of carbonyl (C=O) groups is 1. The molecule has 1 heterocycles. The van der Waals surface area contributed by atoms with E-state index in [9.17, 15) is 17.6 Å². The second-order valence-corrected chi connectivity index (χ2v) is 12.9. The third-order valence-corrected chi connectivity index (χ3v) is 8.75. The highest BCUT2D eigenvalue weighted by atomic mass is 32.2. The first-order valence-corrected chi connectivity index (χ1v) is 15.5. The molecule has 0 aliphatic heterocycles. The lowest BCUT2D eigenvalue weighted by molar-refractivity contribution is 0.0912. The van der Waals surface area contributed by atoms with Gasteiger partial charge in [-0.15, -0.1) is 0 Å². The van der Waals surface area contributed by atoms with E-state index in [0.717, 1.165) is 28.3 Å². The van der Waals surface area contributed by atoms with E-state index in [4.69, 9.17) is 4.42 Å². The summed E-state index contributed by atoms with van der Waals surface area (Å²) in [6, 6.07) is 26.6. The molecule has 0 fully saturated rings. The number of benzene rings is 4. The van der Waals surface area contributed by atoms with Gasteiger partial charge < -0.3 is 9.73 Å². The number of aryl methyl sites for hydroxylation is 1. The fraction of sp³-hybridized carbons (Fsp3) is 0.206. The molecule has 8 heteroatoms. The number of halogens is 1. The number of sulfonamides is 1. The Kier molecular flexibility index (Phi) is 7.68. The van der Waals surface area contributed by atoms with Gasteiger partial charge in [0.15, 0.2) is 0 Å². The molecule has 0 bridgehead atoms. The van der Waals surface area contributed by atoms with Crippen LogP contribution in [0.5, 0.6) is 0 Å². The highest BCUT2D eigenvalue weighted by Gasteiger charge is 2.25. The molecule has 5 aromatic rings. The SMILES string of the molecule is CCc1c(-c2ccc(F)cc2)oc2cc(N(C)S(C)(=O)=O)c(-c3cccc(C(=O)NC(C)(C)c4ccccc4)c3)cc12. The number of fused-ring (bicyclic) bond motifs is 1. The maximum atomic E-state index is 13.6. The van der Waals surface area contributed by atoms with Crippen molar-refractivity contribution >= 4 is 32.6 Å². The third kappa shape index (κ3) is 5.67. The smallest absolute Gasteiger partial charge is 0.251 e. The van der Waals surface area contributed by atoms with Crippen LogP contribution in [0, 0.1) is 5.82 Å². The molecule has 0 aliphatic carbocycles. The molecule has 1 aromatic heterocycles. The van der Waals surface area contributed by atoms with E-state index in [1.165, 1.54) is 23.5 Å². The minimum Gasteiger partial charge on any atom is -0.456 e. The van der Waals surface area contributed by atoms with Gasteiger partial charge in [-0.2, -0.15) is 0 Å². The highest BCUT2D eigenvalue weighted by Crippen LogP contribution is 2.41. The molecule has 1 amide bonds. The number of hydrogen-bond donors (Lipinski definition) is 1. The molecule has 0 radical (unpaired) electrons. The zero-order valence-corrected chi connectivity index (χ0v) is 25.1. The maximum Gasteiger partial charge on any atom is 0.251 e. The van der Waals surface area contributed by atoms with Gasteiger partial charge in [-0.1, -0.05) is 49.4 Å². The zero-order valence-electron chi connectivity index (χ0n) is 24.2. The standard InChI is InChI=1S/C34H33FN2O4S/c1-6-27-29-20-28(23-11-10-12-24(19-23)33(38)36-34(2,3)25-13-8-7-9-14-25)30(37(4)42(5,39)40)21-31(29)41-32(27)22-15-17-26(35)18-16-22/h7-21H,6H2,1-5H3,(H,36,38). The van der Waals surface area contributed by atoms with Gasteiger partial charge in [0, 0.05) is 40.8 Å². The molecule has 0 saturated heterocycles. The van der Waals surface area contributed by atoms with Crippen molar-refractivity contribution in [3.63, 3.8) is 0 Å².